The van der Waals surface area contributed by atoms with Gasteiger partial charge in [-0.3, -0.25) is 0 Å². The van der Waals surface area contributed by atoms with Gasteiger partial charge in [-0.15, -0.1) is 22.7 Å². The molecule has 0 bridgehead atoms. The van der Waals surface area contributed by atoms with Gasteiger partial charge in [-0.05, 0) is 49.9 Å². The molecule has 1 aromatic carbocycles. The Kier molecular flexibility index (Phi) is 10.4. The first-order valence-electron chi connectivity index (χ1n) is 14.7. The van der Waals surface area contributed by atoms with Crippen molar-refractivity contribution >= 4 is 66.8 Å². The Labute approximate surface area is 244 Å². The van der Waals surface area contributed by atoms with Crippen LogP contribution in [0.15, 0.2) is 24.3 Å². The van der Waals surface area contributed by atoms with Gasteiger partial charge in [0.15, 0.2) is 0 Å². The van der Waals surface area contributed by atoms with Gasteiger partial charge in [-0.1, -0.05) is 110 Å². The highest BCUT2D eigenvalue weighted by Gasteiger charge is 2.22. The van der Waals surface area contributed by atoms with Crippen LogP contribution in [-0.4, -0.2) is 10.0 Å². The summed E-state index contributed by atoms with van der Waals surface area (Å²) >= 11 is 4.00. The zero-order chi connectivity index (χ0) is 26.2. The third kappa shape index (κ3) is 6.56. The van der Waals surface area contributed by atoms with E-state index in [1.165, 1.54) is 141 Å². The summed E-state index contributed by atoms with van der Waals surface area (Å²) in [4.78, 5) is 5.87. The maximum atomic E-state index is 3.50. The largest absolute Gasteiger partial charge is 0.140 e. The van der Waals surface area contributed by atoms with Crippen LogP contribution in [0.3, 0.4) is 0 Å². The predicted molar refractivity (Wildman–Crippen MR) is 179 cm³/mol. The molecule has 3 aromatic rings. The van der Waals surface area contributed by atoms with Gasteiger partial charge in [0, 0.05) is 53.9 Å². The van der Waals surface area contributed by atoms with E-state index in [0.29, 0.717) is 0 Å². The summed E-state index contributed by atoms with van der Waals surface area (Å²) in [7, 11) is 3.56. The number of rotatable bonds is 16. The number of aryl methyl sites for hydroxylation is 2. The van der Waals surface area contributed by atoms with Crippen LogP contribution in [-0.2, 0) is 12.8 Å². The molecule has 2 aliphatic rings. The standard InChI is InChI=1S/C34H40S4/c1-3-5-7-9-11-13-15-25-17-19-29(37-25)31-27-21-23-36-34(27)32(28-22-24-35-33(28)31)30-20-18-26(38-30)16-14-12-10-8-6-4-2/h17-22H,3-16H2,1-2H3. The highest BCUT2D eigenvalue weighted by molar-refractivity contribution is 7.90. The Balaban J connectivity index is 1.36. The summed E-state index contributed by atoms with van der Waals surface area (Å²) in [5.41, 5.74) is 5.55. The average molecular weight is 577 g/mol. The Hall–Kier alpha value is -1.64. The van der Waals surface area contributed by atoms with E-state index in [4.69, 9.17) is 0 Å². The summed E-state index contributed by atoms with van der Waals surface area (Å²) < 4.78 is 2.77. The lowest BCUT2D eigenvalue weighted by Gasteiger charge is -2.11. The van der Waals surface area contributed by atoms with Crippen LogP contribution in [0.5, 0.6) is 0 Å². The zero-order valence-corrected chi connectivity index (χ0v) is 26.3. The number of hydrogen-bond acceptors (Lipinski definition) is 2. The molecule has 4 heterocycles. The van der Waals surface area contributed by atoms with Gasteiger partial charge in [-0.2, -0.15) is 0 Å². The van der Waals surface area contributed by atoms with Gasteiger partial charge in [0.1, 0.15) is 0 Å². The topological polar surface area (TPSA) is 0 Å². The molecular formula is C34H40S4. The minimum absolute atomic E-state index is 1.21. The van der Waals surface area contributed by atoms with E-state index in [9.17, 15) is 0 Å². The van der Waals surface area contributed by atoms with Crippen LogP contribution in [0, 0.1) is 9.02 Å². The fourth-order valence-electron chi connectivity index (χ4n) is 5.46. The summed E-state index contributed by atoms with van der Waals surface area (Å²) in [5.74, 6) is 0. The van der Waals surface area contributed by atoms with Gasteiger partial charge in [0.25, 0.3) is 0 Å². The molecule has 5 rings (SSSR count). The SMILES string of the molecule is CCCCCCCCc1ccc(-c2c3c(c(-c4ccc(CCCCCCCC)s4)c4c2=S=C=C4)=S=C=C3)s1. The highest BCUT2D eigenvalue weighted by Crippen LogP contribution is 2.43. The molecule has 0 fully saturated rings. The van der Waals surface area contributed by atoms with Crippen molar-refractivity contribution in [1.82, 2.24) is 0 Å². The van der Waals surface area contributed by atoms with Crippen LogP contribution in [0.1, 0.15) is 112 Å². The fourth-order valence-corrected chi connectivity index (χ4v) is 9.60. The van der Waals surface area contributed by atoms with Crippen molar-refractivity contribution in [2.24, 2.45) is 0 Å². The van der Waals surface area contributed by atoms with Crippen molar-refractivity contribution in [3.63, 3.8) is 0 Å². The normalized spacial score (nSPS) is 12.7. The van der Waals surface area contributed by atoms with Crippen molar-refractivity contribution in [1.29, 1.82) is 0 Å². The lowest BCUT2D eigenvalue weighted by atomic mass is 9.96. The van der Waals surface area contributed by atoms with E-state index < -0.39 is 0 Å². The Bertz CT molecular complexity index is 1420. The second-order valence-corrected chi connectivity index (χ2v) is 14.6. The minimum Gasteiger partial charge on any atom is -0.140 e. The smallest absolute Gasteiger partial charge is 0.0533 e. The van der Waals surface area contributed by atoms with Gasteiger partial charge < -0.3 is 0 Å². The molecule has 0 nitrogen and oxygen atoms in total. The molecule has 200 valence electrons. The predicted octanol–water partition coefficient (Wildman–Crippen LogP) is 11.8. The Morgan fingerprint density at radius 3 is 1.39 bits per heavy atom. The monoisotopic (exact) mass is 576 g/mol. The zero-order valence-electron chi connectivity index (χ0n) is 23.0. The summed E-state index contributed by atoms with van der Waals surface area (Å²) in [6.07, 6.45) is 23.2. The molecular weight excluding hydrogens is 537 g/mol. The van der Waals surface area contributed by atoms with E-state index in [1.54, 1.807) is 21.9 Å². The highest BCUT2D eigenvalue weighted by atomic mass is 32.1. The van der Waals surface area contributed by atoms with E-state index in [0.717, 1.165) is 0 Å². The van der Waals surface area contributed by atoms with Crippen molar-refractivity contribution in [2.45, 2.75) is 104 Å². The Morgan fingerprint density at radius 2 is 0.947 bits per heavy atom. The molecule has 0 radical (unpaired) electrons. The summed E-state index contributed by atoms with van der Waals surface area (Å²) in [6.45, 7) is 4.58. The molecule has 4 heteroatoms. The van der Waals surface area contributed by atoms with Crippen LogP contribution in [0.4, 0.5) is 0 Å². The molecule has 0 saturated carbocycles. The lowest BCUT2D eigenvalue weighted by molar-refractivity contribution is 0.609. The molecule has 0 unspecified atom stereocenters. The number of thiophene rings is 2. The number of benzene rings is 1. The van der Waals surface area contributed by atoms with Crippen LogP contribution in [0.25, 0.3) is 33.0 Å². The number of unbranched alkanes of at least 4 members (excludes halogenated alkanes) is 10. The third-order valence-electron chi connectivity index (χ3n) is 7.58. The lowest BCUT2D eigenvalue weighted by Crippen LogP contribution is -1.92. The van der Waals surface area contributed by atoms with Crippen molar-refractivity contribution in [3.8, 4) is 20.9 Å². The molecule has 38 heavy (non-hydrogen) atoms. The third-order valence-corrected chi connectivity index (χ3v) is 11.6. The van der Waals surface area contributed by atoms with Crippen LogP contribution in [0.2, 0.25) is 0 Å². The fraction of sp³-hybridized carbons (Fsp3) is 0.471. The minimum atomic E-state index is 1.21. The average Bonchev–Trinajstić information content (AvgIpc) is 3.74. The second-order valence-electron chi connectivity index (χ2n) is 10.5. The van der Waals surface area contributed by atoms with Crippen molar-refractivity contribution < 1.29 is 0 Å². The quantitative estimate of drug-likeness (QED) is 0.0809. The molecule has 0 aliphatic carbocycles. The van der Waals surface area contributed by atoms with E-state index in [-0.39, 0.29) is 0 Å². The molecule has 0 spiro atoms. The molecule has 2 aliphatic heterocycles. The molecule has 0 saturated heterocycles. The van der Waals surface area contributed by atoms with E-state index in [1.807, 2.05) is 22.7 Å². The molecule has 0 amide bonds. The second kappa shape index (κ2) is 14.1. The van der Waals surface area contributed by atoms with Crippen molar-refractivity contribution in [2.75, 3.05) is 0 Å². The van der Waals surface area contributed by atoms with Crippen LogP contribution >= 0.6 is 44.6 Å². The number of hydrogen-bond donors (Lipinski definition) is 0. The first kappa shape index (κ1) is 27.9. The Morgan fingerprint density at radius 1 is 0.526 bits per heavy atom. The van der Waals surface area contributed by atoms with Gasteiger partial charge in [-0.25, -0.2) is 0 Å². The van der Waals surface area contributed by atoms with Gasteiger partial charge >= 0.3 is 0 Å². The number of fused-ring (bicyclic) bond motifs is 2. The summed E-state index contributed by atoms with van der Waals surface area (Å²) in [5, 5.41) is 7.00. The molecule has 0 N–H and O–H groups in total. The summed E-state index contributed by atoms with van der Waals surface area (Å²) in [6, 6.07) is 9.48. The molecule has 0 atom stereocenters. The maximum Gasteiger partial charge on any atom is 0.0533 e. The van der Waals surface area contributed by atoms with Gasteiger partial charge in [0.2, 0.25) is 0 Å². The maximum absolute atomic E-state index is 3.50. The van der Waals surface area contributed by atoms with Crippen molar-refractivity contribution in [3.05, 3.63) is 54.2 Å². The van der Waals surface area contributed by atoms with Gasteiger partial charge in [0.05, 0.1) is 9.02 Å². The van der Waals surface area contributed by atoms with E-state index in [2.05, 4.69) is 60.3 Å². The van der Waals surface area contributed by atoms with E-state index >= 15 is 0 Å². The van der Waals surface area contributed by atoms with Crippen LogP contribution < -0.4 is 0 Å². The molecule has 2 aromatic heterocycles. The first-order chi connectivity index (χ1) is 18.8. The first-order valence-corrected chi connectivity index (χ1v) is 18.0.